The maximum absolute atomic E-state index is 13.2. The number of hydrogen-bond acceptors (Lipinski definition) is 2. The fourth-order valence-corrected chi connectivity index (χ4v) is 1.20. The summed E-state index contributed by atoms with van der Waals surface area (Å²) in [4.78, 5) is 11.5. The van der Waals surface area contributed by atoms with E-state index in [2.05, 4.69) is 5.32 Å². The van der Waals surface area contributed by atoms with Gasteiger partial charge in [0, 0.05) is 17.6 Å². The first-order chi connectivity index (χ1) is 7.04. The van der Waals surface area contributed by atoms with Gasteiger partial charge in [0.25, 0.3) is 5.91 Å². The van der Waals surface area contributed by atoms with E-state index in [1.165, 1.54) is 12.1 Å². The molecule has 0 heterocycles. The van der Waals surface area contributed by atoms with E-state index >= 15 is 0 Å². The van der Waals surface area contributed by atoms with Crippen LogP contribution in [0.25, 0.3) is 0 Å². The van der Waals surface area contributed by atoms with E-state index in [0.29, 0.717) is 11.6 Å². The molecule has 1 unspecified atom stereocenters. The maximum atomic E-state index is 13.2. The Kier molecular flexibility index (Phi) is 4.05. The molecule has 0 spiro atoms. The van der Waals surface area contributed by atoms with Crippen LogP contribution in [0.1, 0.15) is 17.3 Å². The van der Waals surface area contributed by atoms with E-state index in [1.54, 1.807) is 6.92 Å². The van der Waals surface area contributed by atoms with E-state index < -0.39 is 11.7 Å². The highest BCUT2D eigenvalue weighted by atomic mass is 35.5. The van der Waals surface area contributed by atoms with E-state index in [4.69, 9.17) is 17.3 Å². The van der Waals surface area contributed by atoms with Crippen LogP contribution in [0.2, 0.25) is 5.02 Å². The molecule has 3 N–H and O–H groups in total. The first-order valence-corrected chi connectivity index (χ1v) is 4.88. The standard InChI is InChI=1S/C10H12ClFN2O/c1-6(5-13)14-10(15)8-4-7(11)2-3-9(8)12/h2-4,6H,5,13H2,1H3,(H,14,15). The van der Waals surface area contributed by atoms with Crippen molar-refractivity contribution in [1.82, 2.24) is 5.32 Å². The average Bonchev–Trinajstić information content (AvgIpc) is 2.21. The second-order valence-electron chi connectivity index (χ2n) is 3.23. The Morgan fingerprint density at radius 1 is 1.67 bits per heavy atom. The highest BCUT2D eigenvalue weighted by Gasteiger charge is 2.13. The van der Waals surface area contributed by atoms with Gasteiger partial charge in [-0.15, -0.1) is 0 Å². The lowest BCUT2D eigenvalue weighted by Crippen LogP contribution is -2.38. The molecule has 0 aromatic heterocycles. The zero-order valence-corrected chi connectivity index (χ0v) is 9.01. The van der Waals surface area contributed by atoms with Crippen LogP contribution in [0.3, 0.4) is 0 Å². The summed E-state index contributed by atoms with van der Waals surface area (Å²) in [7, 11) is 0. The summed E-state index contributed by atoms with van der Waals surface area (Å²) < 4.78 is 13.2. The molecule has 1 aromatic carbocycles. The summed E-state index contributed by atoms with van der Waals surface area (Å²) in [6.07, 6.45) is 0. The topological polar surface area (TPSA) is 55.1 Å². The number of carbonyl (C=O) groups is 1. The van der Waals surface area contributed by atoms with Crippen LogP contribution in [0, 0.1) is 5.82 Å². The Morgan fingerprint density at radius 2 is 2.33 bits per heavy atom. The SMILES string of the molecule is CC(CN)NC(=O)c1cc(Cl)ccc1F. The molecule has 3 nitrogen and oxygen atoms in total. The molecule has 1 rings (SSSR count). The van der Waals surface area contributed by atoms with E-state index in [9.17, 15) is 9.18 Å². The quantitative estimate of drug-likeness (QED) is 0.828. The summed E-state index contributed by atoms with van der Waals surface area (Å²) in [6, 6.07) is 3.63. The number of nitrogens with one attached hydrogen (secondary N) is 1. The Morgan fingerprint density at radius 3 is 2.93 bits per heavy atom. The molecule has 5 heteroatoms. The summed E-state index contributed by atoms with van der Waals surface area (Å²) >= 11 is 5.66. The Bertz CT molecular complexity index is 370. The summed E-state index contributed by atoms with van der Waals surface area (Å²) in [5, 5.41) is 2.87. The van der Waals surface area contributed by atoms with Crippen molar-refractivity contribution in [3.63, 3.8) is 0 Å². The molecule has 0 bridgehead atoms. The smallest absolute Gasteiger partial charge is 0.254 e. The molecular weight excluding hydrogens is 219 g/mol. The number of rotatable bonds is 3. The number of amides is 1. The maximum Gasteiger partial charge on any atom is 0.254 e. The third-order valence-electron chi connectivity index (χ3n) is 1.90. The van der Waals surface area contributed by atoms with Crippen LogP contribution in [0.15, 0.2) is 18.2 Å². The lowest BCUT2D eigenvalue weighted by Gasteiger charge is -2.11. The highest BCUT2D eigenvalue weighted by Crippen LogP contribution is 2.14. The first kappa shape index (κ1) is 11.9. The molecule has 0 saturated heterocycles. The normalized spacial score (nSPS) is 12.3. The number of hydrogen-bond donors (Lipinski definition) is 2. The molecule has 15 heavy (non-hydrogen) atoms. The fraction of sp³-hybridized carbons (Fsp3) is 0.300. The summed E-state index contributed by atoms with van der Waals surface area (Å²) in [5.74, 6) is -1.10. The van der Waals surface area contributed by atoms with Crippen LogP contribution in [0.5, 0.6) is 0 Å². The van der Waals surface area contributed by atoms with Crippen molar-refractivity contribution >= 4 is 17.5 Å². The van der Waals surface area contributed by atoms with Gasteiger partial charge in [-0.3, -0.25) is 4.79 Å². The minimum Gasteiger partial charge on any atom is -0.348 e. The molecule has 82 valence electrons. The molecule has 0 aliphatic heterocycles. The van der Waals surface area contributed by atoms with E-state index in [0.717, 1.165) is 6.07 Å². The Balaban J connectivity index is 2.86. The average molecular weight is 231 g/mol. The van der Waals surface area contributed by atoms with Gasteiger partial charge in [0.15, 0.2) is 0 Å². The number of benzene rings is 1. The van der Waals surface area contributed by atoms with Crippen molar-refractivity contribution in [3.8, 4) is 0 Å². The van der Waals surface area contributed by atoms with Crippen molar-refractivity contribution < 1.29 is 9.18 Å². The van der Waals surface area contributed by atoms with Crippen molar-refractivity contribution in [1.29, 1.82) is 0 Å². The third kappa shape index (κ3) is 3.18. The largest absolute Gasteiger partial charge is 0.348 e. The molecular formula is C10H12ClFN2O. The summed E-state index contributed by atoms with van der Waals surface area (Å²) in [6.45, 7) is 2.04. The van der Waals surface area contributed by atoms with Crippen molar-refractivity contribution in [2.24, 2.45) is 5.73 Å². The van der Waals surface area contributed by atoms with Crippen molar-refractivity contribution in [2.45, 2.75) is 13.0 Å². The van der Waals surface area contributed by atoms with E-state index in [-0.39, 0.29) is 11.6 Å². The van der Waals surface area contributed by atoms with Crippen LogP contribution >= 0.6 is 11.6 Å². The van der Waals surface area contributed by atoms with Gasteiger partial charge in [-0.25, -0.2) is 4.39 Å². The van der Waals surface area contributed by atoms with Gasteiger partial charge in [0.2, 0.25) is 0 Å². The lowest BCUT2D eigenvalue weighted by molar-refractivity contribution is 0.0937. The first-order valence-electron chi connectivity index (χ1n) is 4.50. The fourth-order valence-electron chi connectivity index (χ4n) is 1.03. The van der Waals surface area contributed by atoms with Crippen LogP contribution < -0.4 is 11.1 Å². The lowest BCUT2D eigenvalue weighted by atomic mass is 10.2. The number of nitrogens with two attached hydrogens (primary N) is 1. The third-order valence-corrected chi connectivity index (χ3v) is 2.14. The number of carbonyl (C=O) groups excluding carboxylic acids is 1. The monoisotopic (exact) mass is 230 g/mol. The molecule has 0 saturated carbocycles. The van der Waals surface area contributed by atoms with Gasteiger partial charge < -0.3 is 11.1 Å². The Hall–Kier alpha value is -1.13. The minimum absolute atomic E-state index is 0.0669. The highest BCUT2D eigenvalue weighted by molar-refractivity contribution is 6.30. The summed E-state index contributed by atoms with van der Waals surface area (Å²) in [5.41, 5.74) is 5.26. The second-order valence-corrected chi connectivity index (χ2v) is 3.67. The van der Waals surface area contributed by atoms with Gasteiger partial charge >= 0.3 is 0 Å². The zero-order chi connectivity index (χ0) is 11.4. The Labute approximate surface area is 92.4 Å². The van der Waals surface area contributed by atoms with Gasteiger partial charge in [0.1, 0.15) is 5.82 Å². The molecule has 0 aliphatic rings. The molecule has 0 radical (unpaired) electrons. The predicted octanol–water partition coefficient (Wildman–Crippen LogP) is 1.56. The minimum atomic E-state index is -0.596. The number of halogens is 2. The van der Waals surface area contributed by atoms with Crippen LogP contribution in [-0.2, 0) is 0 Å². The van der Waals surface area contributed by atoms with Crippen LogP contribution in [0.4, 0.5) is 4.39 Å². The molecule has 0 aliphatic carbocycles. The van der Waals surface area contributed by atoms with Crippen LogP contribution in [-0.4, -0.2) is 18.5 Å². The molecule has 1 aromatic rings. The molecule has 1 atom stereocenters. The predicted molar refractivity (Wildman–Crippen MR) is 57.4 cm³/mol. The van der Waals surface area contributed by atoms with Gasteiger partial charge in [-0.2, -0.15) is 0 Å². The second kappa shape index (κ2) is 5.09. The zero-order valence-electron chi connectivity index (χ0n) is 8.26. The van der Waals surface area contributed by atoms with E-state index in [1.807, 2.05) is 0 Å². The molecule has 0 fully saturated rings. The van der Waals surface area contributed by atoms with Crippen molar-refractivity contribution in [3.05, 3.63) is 34.6 Å². The van der Waals surface area contributed by atoms with Gasteiger partial charge in [0.05, 0.1) is 5.56 Å². The van der Waals surface area contributed by atoms with Gasteiger partial charge in [-0.1, -0.05) is 11.6 Å². The van der Waals surface area contributed by atoms with Crippen molar-refractivity contribution in [2.75, 3.05) is 6.54 Å². The molecule has 1 amide bonds. The van der Waals surface area contributed by atoms with Gasteiger partial charge in [-0.05, 0) is 25.1 Å².